The van der Waals surface area contributed by atoms with Crippen LogP contribution in [0.15, 0.2) is 48.5 Å². The number of benzene rings is 1. The van der Waals surface area contributed by atoms with E-state index in [9.17, 15) is 0 Å². The molecule has 3 aromatic carbocycles. The fourth-order valence-corrected chi connectivity index (χ4v) is 2.43. The Kier molecular flexibility index (Phi) is 1.33. The Morgan fingerprint density at radius 1 is 0.625 bits per heavy atom. The Hall–Kier alpha value is -2.22. The Labute approximate surface area is 91.9 Å². The first-order valence-corrected chi connectivity index (χ1v) is 5.30. The van der Waals surface area contributed by atoms with Gasteiger partial charge in [-0.25, -0.2) is 0 Å². The van der Waals surface area contributed by atoms with Crippen molar-refractivity contribution in [2.45, 2.75) is 0 Å². The molecule has 2 nitrogen and oxygen atoms in total. The van der Waals surface area contributed by atoms with E-state index in [-0.39, 0.29) is 0 Å². The molecule has 0 unspecified atom stereocenters. The quantitative estimate of drug-likeness (QED) is 0.439. The average molecular weight is 204 g/mol. The molecule has 2 heteroatoms. The lowest BCUT2D eigenvalue weighted by atomic mass is 10.2. The van der Waals surface area contributed by atoms with Crippen molar-refractivity contribution in [3.05, 3.63) is 48.5 Å². The number of nitrogens with zero attached hydrogens (tertiary/aromatic N) is 2. The van der Waals surface area contributed by atoms with Gasteiger partial charge in [-0.1, -0.05) is 42.5 Å². The second-order valence-corrected chi connectivity index (χ2v) is 3.99. The van der Waals surface area contributed by atoms with Crippen LogP contribution >= 0.6 is 0 Å². The highest BCUT2D eigenvalue weighted by Crippen LogP contribution is 2.35. The summed E-state index contributed by atoms with van der Waals surface area (Å²) in [5.74, 6) is 0. The molecule has 4 aromatic rings. The third-order valence-electron chi connectivity index (χ3n) is 3.12. The highest BCUT2D eigenvalue weighted by atomic mass is 15.1. The zero-order chi connectivity index (χ0) is 10.5. The van der Waals surface area contributed by atoms with E-state index in [1.165, 1.54) is 21.5 Å². The zero-order valence-corrected chi connectivity index (χ0v) is 8.51. The summed E-state index contributed by atoms with van der Waals surface area (Å²) in [5.41, 5.74) is 2.00. The van der Waals surface area contributed by atoms with Gasteiger partial charge in [0.2, 0.25) is 0 Å². The summed E-state index contributed by atoms with van der Waals surface area (Å²) >= 11 is 0. The van der Waals surface area contributed by atoms with Crippen molar-refractivity contribution in [2.24, 2.45) is 0 Å². The van der Waals surface area contributed by atoms with Crippen molar-refractivity contribution in [1.82, 2.24) is 10.2 Å². The van der Waals surface area contributed by atoms with E-state index in [1.54, 1.807) is 0 Å². The maximum Gasteiger partial charge on any atom is 0.104 e. The molecule has 0 radical (unpaired) electrons. The highest BCUT2D eigenvalue weighted by Gasteiger charge is 2.12. The summed E-state index contributed by atoms with van der Waals surface area (Å²) in [4.78, 5) is 0. The Balaban J connectivity index is 2.51. The molecule has 0 spiro atoms. The minimum absolute atomic E-state index is 0.978. The molecule has 1 aromatic heterocycles. The molecule has 0 saturated carbocycles. The van der Waals surface area contributed by atoms with Gasteiger partial charge in [-0.15, -0.1) is 10.2 Å². The first-order valence-electron chi connectivity index (χ1n) is 5.30. The Morgan fingerprint density at radius 2 is 1.31 bits per heavy atom. The van der Waals surface area contributed by atoms with Gasteiger partial charge in [-0.05, 0) is 16.8 Å². The molecule has 0 fully saturated rings. The fourth-order valence-electron chi connectivity index (χ4n) is 2.43. The van der Waals surface area contributed by atoms with Crippen LogP contribution in [-0.4, -0.2) is 10.2 Å². The second kappa shape index (κ2) is 2.67. The van der Waals surface area contributed by atoms with Gasteiger partial charge >= 0.3 is 0 Å². The minimum atomic E-state index is 0.978. The largest absolute Gasteiger partial charge is 0.150 e. The molecular formula is C14H8N2. The normalized spacial score (nSPS) is 11.8. The van der Waals surface area contributed by atoms with E-state index >= 15 is 0 Å². The summed E-state index contributed by atoms with van der Waals surface area (Å²) in [6, 6.07) is 16.6. The standard InChI is InChI=1S/C14H8N2/c1-2-7-11-9(5-1)10-6-3-4-8-12-13(10)14(11)16-15-12/h1-8H. The maximum absolute atomic E-state index is 4.28. The van der Waals surface area contributed by atoms with Crippen LogP contribution in [0.3, 0.4) is 0 Å². The van der Waals surface area contributed by atoms with Crippen LogP contribution in [-0.2, 0) is 0 Å². The topological polar surface area (TPSA) is 25.8 Å². The molecule has 0 bridgehead atoms. The van der Waals surface area contributed by atoms with Crippen LogP contribution in [0, 0.1) is 0 Å². The average Bonchev–Trinajstić information content (AvgIpc) is 2.77. The van der Waals surface area contributed by atoms with Crippen molar-refractivity contribution in [1.29, 1.82) is 0 Å². The van der Waals surface area contributed by atoms with Crippen molar-refractivity contribution in [2.75, 3.05) is 0 Å². The van der Waals surface area contributed by atoms with E-state index in [4.69, 9.17) is 0 Å². The van der Waals surface area contributed by atoms with E-state index < -0.39 is 0 Å². The van der Waals surface area contributed by atoms with Gasteiger partial charge in [0.25, 0.3) is 0 Å². The summed E-state index contributed by atoms with van der Waals surface area (Å²) in [6.07, 6.45) is 0. The van der Waals surface area contributed by atoms with Crippen molar-refractivity contribution >= 4 is 32.6 Å². The van der Waals surface area contributed by atoms with E-state index in [0.29, 0.717) is 0 Å². The summed E-state index contributed by atoms with van der Waals surface area (Å²) in [6.45, 7) is 0. The lowest BCUT2D eigenvalue weighted by Gasteiger charge is -1.88. The van der Waals surface area contributed by atoms with Crippen LogP contribution < -0.4 is 0 Å². The molecular weight excluding hydrogens is 196 g/mol. The van der Waals surface area contributed by atoms with Gasteiger partial charge in [-0.3, -0.25) is 0 Å². The number of fused-ring (bicyclic) bond motifs is 3. The number of hydrogen-bond donors (Lipinski definition) is 0. The third-order valence-corrected chi connectivity index (χ3v) is 3.12. The smallest absolute Gasteiger partial charge is 0.104 e. The number of aromatic nitrogens is 2. The van der Waals surface area contributed by atoms with Crippen LogP contribution in [0.4, 0.5) is 0 Å². The van der Waals surface area contributed by atoms with Crippen molar-refractivity contribution in [3.8, 4) is 0 Å². The number of rotatable bonds is 0. The van der Waals surface area contributed by atoms with Gasteiger partial charge < -0.3 is 0 Å². The summed E-state index contributed by atoms with van der Waals surface area (Å²) in [7, 11) is 0. The lowest BCUT2D eigenvalue weighted by Crippen LogP contribution is -1.68. The van der Waals surface area contributed by atoms with Gasteiger partial charge in [-0.2, -0.15) is 0 Å². The van der Waals surface area contributed by atoms with Crippen LogP contribution in [0.5, 0.6) is 0 Å². The molecule has 0 aliphatic rings. The number of hydrogen-bond acceptors (Lipinski definition) is 2. The molecule has 0 aliphatic heterocycles. The minimum Gasteiger partial charge on any atom is -0.150 e. The van der Waals surface area contributed by atoms with Crippen molar-refractivity contribution < 1.29 is 0 Å². The van der Waals surface area contributed by atoms with Crippen LogP contribution in [0.25, 0.3) is 32.6 Å². The molecule has 4 rings (SSSR count). The molecule has 16 heavy (non-hydrogen) atoms. The van der Waals surface area contributed by atoms with Gasteiger partial charge in [0.1, 0.15) is 5.52 Å². The Bertz CT molecular complexity index is 800. The molecule has 74 valence electrons. The molecule has 0 atom stereocenters. The fraction of sp³-hybridized carbons (Fsp3) is 0. The van der Waals surface area contributed by atoms with E-state index in [1.807, 2.05) is 18.2 Å². The second-order valence-electron chi connectivity index (χ2n) is 3.99. The molecule has 1 heterocycles. The molecule has 0 aliphatic carbocycles. The SMILES string of the molecule is c1ccc2c3ccccc3c3nnc(c1)c23. The summed E-state index contributed by atoms with van der Waals surface area (Å²) < 4.78 is 0. The van der Waals surface area contributed by atoms with Crippen LogP contribution in [0.2, 0.25) is 0 Å². The predicted octanol–water partition coefficient (Wildman–Crippen LogP) is 3.37. The van der Waals surface area contributed by atoms with Gasteiger partial charge in [0, 0.05) is 10.8 Å². The molecule has 0 N–H and O–H groups in total. The van der Waals surface area contributed by atoms with Crippen molar-refractivity contribution in [3.63, 3.8) is 0 Å². The van der Waals surface area contributed by atoms with E-state index in [2.05, 4.69) is 40.5 Å². The van der Waals surface area contributed by atoms with E-state index in [0.717, 1.165) is 11.0 Å². The predicted molar refractivity (Wildman–Crippen MR) is 65.7 cm³/mol. The molecule has 0 amide bonds. The van der Waals surface area contributed by atoms with Gasteiger partial charge in [0.15, 0.2) is 0 Å². The summed E-state index contributed by atoms with van der Waals surface area (Å²) in [5, 5.41) is 13.4. The first-order chi connectivity index (χ1) is 7.95. The third kappa shape index (κ3) is 0.823. The maximum atomic E-state index is 4.28. The Morgan fingerprint density at radius 3 is 2.19 bits per heavy atom. The highest BCUT2D eigenvalue weighted by molar-refractivity contribution is 6.27. The lowest BCUT2D eigenvalue weighted by molar-refractivity contribution is 1.15. The zero-order valence-electron chi connectivity index (χ0n) is 8.51. The molecule has 0 saturated heterocycles. The van der Waals surface area contributed by atoms with Gasteiger partial charge in [0.05, 0.1) is 5.52 Å². The first kappa shape index (κ1) is 7.99. The van der Waals surface area contributed by atoms with Crippen LogP contribution in [0.1, 0.15) is 0 Å². The monoisotopic (exact) mass is 204 g/mol.